The number of nitrogens with zero attached hydrogens (tertiary/aromatic N) is 3. The van der Waals surface area contributed by atoms with Crippen molar-refractivity contribution in [1.82, 2.24) is 14.7 Å². The molecule has 1 aromatic heterocycles. The van der Waals surface area contributed by atoms with E-state index in [4.69, 9.17) is 4.42 Å². The molecule has 3 heterocycles. The number of carbonyl (C=O) groups is 2. The summed E-state index contributed by atoms with van der Waals surface area (Å²) in [7, 11) is 5.46. The van der Waals surface area contributed by atoms with Gasteiger partial charge in [-0.2, -0.15) is 0 Å². The van der Waals surface area contributed by atoms with Gasteiger partial charge in [-0.1, -0.05) is 36.4 Å². The molecule has 0 bridgehead atoms. The van der Waals surface area contributed by atoms with Crippen LogP contribution >= 0.6 is 0 Å². The zero-order valence-corrected chi connectivity index (χ0v) is 19.4. The number of hydrogen-bond donors (Lipinski definition) is 0. The average Bonchev–Trinajstić information content (AvgIpc) is 3.26. The van der Waals surface area contributed by atoms with Crippen molar-refractivity contribution >= 4 is 28.4 Å². The Morgan fingerprint density at radius 3 is 2.70 bits per heavy atom. The molecular formula is C27H29N3O3. The van der Waals surface area contributed by atoms with E-state index in [-0.39, 0.29) is 17.9 Å². The van der Waals surface area contributed by atoms with Crippen LogP contribution < -0.4 is 0 Å². The van der Waals surface area contributed by atoms with Crippen LogP contribution in [0.5, 0.6) is 0 Å². The predicted octanol–water partition coefficient (Wildman–Crippen LogP) is 3.98. The molecule has 1 unspecified atom stereocenters. The number of fused-ring (bicyclic) bond motifs is 2. The molecule has 0 radical (unpaired) electrons. The summed E-state index contributed by atoms with van der Waals surface area (Å²) in [4.78, 5) is 31.6. The van der Waals surface area contributed by atoms with E-state index in [0.717, 1.165) is 48.0 Å². The molecule has 170 valence electrons. The van der Waals surface area contributed by atoms with E-state index >= 15 is 0 Å². The van der Waals surface area contributed by atoms with E-state index in [1.807, 2.05) is 36.2 Å². The third-order valence-electron chi connectivity index (χ3n) is 6.72. The number of rotatable bonds is 3. The lowest BCUT2D eigenvalue weighted by Crippen LogP contribution is -2.46. The van der Waals surface area contributed by atoms with Crippen molar-refractivity contribution in [3.63, 3.8) is 0 Å². The normalized spacial score (nSPS) is 18.7. The Bertz CT molecular complexity index is 1260. The van der Waals surface area contributed by atoms with E-state index in [1.54, 1.807) is 20.2 Å². The third-order valence-corrected chi connectivity index (χ3v) is 6.72. The molecule has 2 aliphatic heterocycles. The molecule has 2 aliphatic rings. The van der Waals surface area contributed by atoms with Gasteiger partial charge in [-0.25, -0.2) is 0 Å². The van der Waals surface area contributed by atoms with Gasteiger partial charge in [0, 0.05) is 39.1 Å². The third kappa shape index (κ3) is 3.95. The fourth-order valence-corrected chi connectivity index (χ4v) is 4.90. The Morgan fingerprint density at radius 1 is 1.06 bits per heavy atom. The molecule has 0 saturated heterocycles. The van der Waals surface area contributed by atoms with Crippen molar-refractivity contribution in [2.75, 3.05) is 40.8 Å². The predicted molar refractivity (Wildman–Crippen MR) is 129 cm³/mol. The second-order valence-electron chi connectivity index (χ2n) is 9.17. The molecular weight excluding hydrogens is 414 g/mol. The molecule has 0 fully saturated rings. The maximum atomic E-state index is 13.7. The molecule has 3 aromatic rings. The van der Waals surface area contributed by atoms with Crippen molar-refractivity contribution in [2.45, 2.75) is 18.9 Å². The first-order chi connectivity index (χ1) is 15.9. The van der Waals surface area contributed by atoms with Gasteiger partial charge < -0.3 is 14.2 Å². The highest BCUT2D eigenvalue weighted by Crippen LogP contribution is 2.32. The van der Waals surface area contributed by atoms with Crippen LogP contribution in [0.4, 0.5) is 0 Å². The van der Waals surface area contributed by atoms with Crippen molar-refractivity contribution < 1.29 is 14.0 Å². The van der Waals surface area contributed by atoms with E-state index in [1.165, 1.54) is 10.5 Å². The zero-order chi connectivity index (χ0) is 23.1. The van der Waals surface area contributed by atoms with E-state index in [0.29, 0.717) is 17.9 Å². The van der Waals surface area contributed by atoms with Gasteiger partial charge in [0.05, 0.1) is 0 Å². The highest BCUT2D eigenvalue weighted by atomic mass is 16.3. The van der Waals surface area contributed by atoms with Gasteiger partial charge in [0.15, 0.2) is 5.76 Å². The molecule has 1 atom stereocenters. The summed E-state index contributed by atoms with van der Waals surface area (Å²) in [5.41, 5.74) is 5.28. The summed E-state index contributed by atoms with van der Waals surface area (Å²) in [6, 6.07) is 15.8. The van der Waals surface area contributed by atoms with Gasteiger partial charge >= 0.3 is 0 Å². The molecule has 33 heavy (non-hydrogen) atoms. The van der Waals surface area contributed by atoms with E-state index in [2.05, 4.69) is 29.2 Å². The van der Waals surface area contributed by atoms with Gasteiger partial charge in [-0.3, -0.25) is 14.5 Å². The fourth-order valence-electron chi connectivity index (χ4n) is 4.90. The Balaban J connectivity index is 1.39. The summed E-state index contributed by atoms with van der Waals surface area (Å²) in [6.45, 7) is 2.19. The first-order valence-electron chi connectivity index (χ1n) is 11.4. The SMILES string of the molecule is CN(C)C(=O)c1cc2cc(C3=CCCN(C(=O)C4c5ccccc5CCN4C)C3)ccc2o1. The highest BCUT2D eigenvalue weighted by molar-refractivity contribution is 5.96. The maximum absolute atomic E-state index is 13.7. The molecule has 0 N–H and O–H groups in total. The van der Waals surface area contributed by atoms with Crippen LogP contribution in [0.1, 0.15) is 39.7 Å². The largest absolute Gasteiger partial charge is 0.451 e. The minimum Gasteiger partial charge on any atom is -0.451 e. The fraction of sp³-hybridized carbons (Fsp3) is 0.333. The molecule has 6 heteroatoms. The Morgan fingerprint density at radius 2 is 1.88 bits per heavy atom. The molecule has 0 saturated carbocycles. The van der Waals surface area contributed by atoms with Gasteiger partial charge in [0.2, 0.25) is 5.91 Å². The standard InChI is InChI=1S/C27H29N3O3/c1-28(2)26(31)24-16-21-15-19(10-11-23(21)33-24)20-8-6-13-30(17-20)27(32)25-22-9-5-4-7-18(22)12-14-29(25)3/h4-5,7-11,15-16,25H,6,12-14,17H2,1-3H3. The number of furan rings is 1. The summed E-state index contributed by atoms with van der Waals surface area (Å²) in [5.74, 6) is 0.345. The minimum atomic E-state index is -0.231. The quantitative estimate of drug-likeness (QED) is 0.615. The topological polar surface area (TPSA) is 57.0 Å². The maximum Gasteiger partial charge on any atom is 0.289 e. The second kappa shape index (κ2) is 8.52. The van der Waals surface area contributed by atoms with Gasteiger partial charge in [0.25, 0.3) is 5.91 Å². The van der Waals surface area contributed by atoms with Crippen LogP contribution in [-0.2, 0) is 11.2 Å². The molecule has 0 aliphatic carbocycles. The smallest absolute Gasteiger partial charge is 0.289 e. The van der Waals surface area contributed by atoms with E-state index < -0.39 is 0 Å². The molecule has 2 amide bonds. The van der Waals surface area contributed by atoms with Crippen molar-refractivity contribution in [3.8, 4) is 0 Å². The van der Waals surface area contributed by atoms with Gasteiger partial charge in [-0.15, -0.1) is 0 Å². The minimum absolute atomic E-state index is 0.154. The number of benzene rings is 2. The number of hydrogen-bond acceptors (Lipinski definition) is 4. The summed E-state index contributed by atoms with van der Waals surface area (Å²) in [5, 5.41) is 0.892. The van der Waals surface area contributed by atoms with Gasteiger partial charge in [-0.05, 0) is 60.4 Å². The molecule has 6 nitrogen and oxygen atoms in total. The highest BCUT2D eigenvalue weighted by Gasteiger charge is 2.34. The molecule has 2 aromatic carbocycles. The first kappa shape index (κ1) is 21.5. The van der Waals surface area contributed by atoms with Crippen LogP contribution in [0.3, 0.4) is 0 Å². The van der Waals surface area contributed by atoms with Crippen LogP contribution in [0.2, 0.25) is 0 Å². The summed E-state index contributed by atoms with van der Waals surface area (Å²) >= 11 is 0. The second-order valence-corrected chi connectivity index (χ2v) is 9.17. The van der Waals surface area contributed by atoms with Crippen molar-refractivity contribution in [1.29, 1.82) is 0 Å². The Hall–Kier alpha value is -3.38. The lowest BCUT2D eigenvalue weighted by atomic mass is 9.91. The number of likely N-dealkylation sites (N-methyl/N-ethyl adjacent to an activating group) is 1. The van der Waals surface area contributed by atoms with Crippen LogP contribution in [0, 0.1) is 0 Å². The Kier molecular flexibility index (Phi) is 5.54. The van der Waals surface area contributed by atoms with Gasteiger partial charge in [0.1, 0.15) is 11.6 Å². The molecule has 5 rings (SSSR count). The van der Waals surface area contributed by atoms with Crippen LogP contribution in [-0.4, -0.2) is 67.3 Å². The Labute approximate surface area is 194 Å². The monoisotopic (exact) mass is 443 g/mol. The summed E-state index contributed by atoms with van der Waals surface area (Å²) in [6.07, 6.45) is 4.02. The van der Waals surface area contributed by atoms with E-state index in [9.17, 15) is 9.59 Å². The first-order valence-corrected chi connectivity index (χ1v) is 11.4. The number of amides is 2. The zero-order valence-electron chi connectivity index (χ0n) is 19.4. The van der Waals surface area contributed by atoms with Crippen molar-refractivity contribution in [2.24, 2.45) is 0 Å². The van der Waals surface area contributed by atoms with Crippen molar-refractivity contribution in [3.05, 3.63) is 77.1 Å². The lowest BCUT2D eigenvalue weighted by Gasteiger charge is -2.38. The average molecular weight is 444 g/mol. The van der Waals surface area contributed by atoms with Crippen LogP contribution in [0.25, 0.3) is 16.5 Å². The summed E-state index contributed by atoms with van der Waals surface area (Å²) < 4.78 is 5.74. The molecule has 0 spiro atoms. The van der Waals surface area contributed by atoms with Crippen LogP contribution in [0.15, 0.2) is 59.0 Å². The lowest BCUT2D eigenvalue weighted by molar-refractivity contribution is -0.136. The number of carbonyl (C=O) groups excluding carboxylic acids is 2.